The zero-order chi connectivity index (χ0) is 13.1. The van der Waals surface area contributed by atoms with Gasteiger partial charge in [-0.25, -0.2) is 0 Å². The molecule has 96 valence electrons. The van der Waals surface area contributed by atoms with E-state index in [1.54, 1.807) is 6.20 Å². The monoisotopic (exact) mass is 264 g/mol. The average Bonchev–Trinajstić information content (AvgIpc) is 2.39. The van der Waals surface area contributed by atoms with Gasteiger partial charge in [-0.2, -0.15) is 0 Å². The summed E-state index contributed by atoms with van der Waals surface area (Å²) < 4.78 is 0. The minimum absolute atomic E-state index is 0.199. The fraction of sp³-hybridized carbons (Fsp3) is 0.357. The van der Waals surface area contributed by atoms with E-state index in [1.165, 1.54) is 0 Å². The number of fused-ring (bicyclic) bond motifs is 1. The van der Waals surface area contributed by atoms with E-state index >= 15 is 0 Å². The SMILES string of the molecule is CCN(CC)Cc1c(Cl)cc2cccnc2c1O. The number of hydrogen-bond donors (Lipinski definition) is 1. The maximum atomic E-state index is 10.3. The van der Waals surface area contributed by atoms with Crippen molar-refractivity contribution >= 4 is 22.5 Å². The molecule has 0 aliphatic rings. The second-order valence-corrected chi connectivity index (χ2v) is 4.63. The Balaban J connectivity index is 2.50. The van der Waals surface area contributed by atoms with Crippen molar-refractivity contribution in [3.05, 3.63) is 35.0 Å². The number of phenolic OH excluding ortho intramolecular Hbond substituents is 1. The first-order chi connectivity index (χ1) is 8.67. The number of pyridine rings is 1. The Morgan fingerprint density at radius 1 is 1.33 bits per heavy atom. The zero-order valence-electron chi connectivity index (χ0n) is 10.7. The summed E-state index contributed by atoms with van der Waals surface area (Å²) in [5.41, 5.74) is 1.37. The van der Waals surface area contributed by atoms with Crippen LogP contribution < -0.4 is 0 Å². The zero-order valence-corrected chi connectivity index (χ0v) is 11.4. The molecule has 0 saturated heterocycles. The molecule has 2 rings (SSSR count). The second-order valence-electron chi connectivity index (χ2n) is 4.22. The first-order valence-electron chi connectivity index (χ1n) is 6.14. The number of nitrogens with zero attached hydrogens (tertiary/aromatic N) is 2. The third kappa shape index (κ3) is 2.42. The Labute approximate surface area is 112 Å². The predicted octanol–water partition coefficient (Wildman–Crippen LogP) is 3.44. The molecule has 0 aliphatic carbocycles. The lowest BCUT2D eigenvalue weighted by Crippen LogP contribution is -2.22. The second kappa shape index (κ2) is 5.55. The van der Waals surface area contributed by atoms with Crippen LogP contribution in [0, 0.1) is 0 Å². The van der Waals surface area contributed by atoms with Crippen LogP contribution in [0.3, 0.4) is 0 Å². The molecule has 18 heavy (non-hydrogen) atoms. The molecule has 3 nitrogen and oxygen atoms in total. The van der Waals surface area contributed by atoms with Gasteiger partial charge in [0.2, 0.25) is 0 Å². The van der Waals surface area contributed by atoms with E-state index < -0.39 is 0 Å². The highest BCUT2D eigenvalue weighted by molar-refractivity contribution is 6.32. The van der Waals surface area contributed by atoms with Crippen molar-refractivity contribution in [3.8, 4) is 5.75 Å². The molecule has 1 aromatic heterocycles. The fourth-order valence-corrected chi connectivity index (χ4v) is 2.30. The normalized spacial score (nSPS) is 11.3. The Morgan fingerprint density at radius 3 is 2.72 bits per heavy atom. The Morgan fingerprint density at radius 2 is 2.06 bits per heavy atom. The van der Waals surface area contributed by atoms with Crippen LogP contribution in [0.15, 0.2) is 24.4 Å². The molecule has 0 aliphatic heterocycles. The van der Waals surface area contributed by atoms with Crippen LogP contribution >= 0.6 is 11.6 Å². The summed E-state index contributed by atoms with van der Waals surface area (Å²) in [6, 6.07) is 5.60. The van der Waals surface area contributed by atoms with Gasteiger partial charge in [-0.15, -0.1) is 0 Å². The van der Waals surface area contributed by atoms with Crippen LogP contribution in [0.1, 0.15) is 19.4 Å². The highest BCUT2D eigenvalue weighted by Crippen LogP contribution is 2.33. The molecule has 0 amide bonds. The molecule has 1 N–H and O–H groups in total. The third-order valence-corrected chi connectivity index (χ3v) is 3.53. The minimum Gasteiger partial charge on any atom is -0.505 e. The number of phenols is 1. The van der Waals surface area contributed by atoms with Crippen LogP contribution in [0.25, 0.3) is 10.9 Å². The van der Waals surface area contributed by atoms with E-state index in [9.17, 15) is 5.11 Å². The summed E-state index contributed by atoms with van der Waals surface area (Å²) in [5, 5.41) is 11.8. The predicted molar refractivity (Wildman–Crippen MR) is 75.0 cm³/mol. The molecule has 0 spiro atoms. The molecule has 0 atom stereocenters. The maximum absolute atomic E-state index is 10.3. The maximum Gasteiger partial charge on any atom is 0.147 e. The largest absolute Gasteiger partial charge is 0.505 e. The van der Waals surface area contributed by atoms with Crippen molar-refractivity contribution in [1.82, 2.24) is 9.88 Å². The van der Waals surface area contributed by atoms with Crippen molar-refractivity contribution in [2.24, 2.45) is 0 Å². The van der Waals surface area contributed by atoms with Crippen LogP contribution in [0.5, 0.6) is 5.75 Å². The van der Waals surface area contributed by atoms with E-state index in [4.69, 9.17) is 11.6 Å². The average molecular weight is 265 g/mol. The highest BCUT2D eigenvalue weighted by Gasteiger charge is 2.14. The van der Waals surface area contributed by atoms with Gasteiger partial charge in [0, 0.05) is 28.7 Å². The van der Waals surface area contributed by atoms with Gasteiger partial charge in [0.15, 0.2) is 0 Å². The smallest absolute Gasteiger partial charge is 0.147 e. The van der Waals surface area contributed by atoms with Crippen LogP contribution in [0.4, 0.5) is 0 Å². The molecule has 4 heteroatoms. The summed E-state index contributed by atoms with van der Waals surface area (Å²) in [4.78, 5) is 6.42. The molecular formula is C14H17ClN2O. The first kappa shape index (κ1) is 13.1. The summed E-state index contributed by atoms with van der Waals surface area (Å²) in [7, 11) is 0. The molecular weight excluding hydrogens is 248 g/mol. The lowest BCUT2D eigenvalue weighted by atomic mass is 10.1. The van der Waals surface area contributed by atoms with Crippen molar-refractivity contribution in [2.75, 3.05) is 13.1 Å². The highest BCUT2D eigenvalue weighted by atomic mass is 35.5. The molecule has 0 bridgehead atoms. The molecule has 1 aromatic carbocycles. The number of rotatable bonds is 4. The topological polar surface area (TPSA) is 36.4 Å². The van der Waals surface area contributed by atoms with Gasteiger partial charge >= 0.3 is 0 Å². The number of hydrogen-bond acceptors (Lipinski definition) is 3. The van der Waals surface area contributed by atoms with Crippen molar-refractivity contribution in [1.29, 1.82) is 0 Å². The minimum atomic E-state index is 0.199. The van der Waals surface area contributed by atoms with E-state index in [0.29, 0.717) is 17.1 Å². The van der Waals surface area contributed by atoms with E-state index in [1.807, 2.05) is 18.2 Å². The molecule has 0 unspecified atom stereocenters. The summed E-state index contributed by atoms with van der Waals surface area (Å²) >= 11 is 6.25. The fourth-order valence-electron chi connectivity index (χ4n) is 2.03. The van der Waals surface area contributed by atoms with Gasteiger partial charge in [0.25, 0.3) is 0 Å². The molecule has 0 radical (unpaired) electrons. The molecule has 1 heterocycles. The first-order valence-corrected chi connectivity index (χ1v) is 6.52. The van der Waals surface area contributed by atoms with Gasteiger partial charge in [-0.1, -0.05) is 31.5 Å². The summed E-state index contributed by atoms with van der Waals surface area (Å²) in [5.74, 6) is 0.199. The number of aromatic nitrogens is 1. The van der Waals surface area contributed by atoms with Crippen LogP contribution in [0.2, 0.25) is 5.02 Å². The standard InChI is InChI=1S/C14H17ClN2O/c1-3-17(4-2)9-11-12(15)8-10-6-5-7-16-13(10)14(11)18/h5-8,18H,3-4,9H2,1-2H3. The van der Waals surface area contributed by atoms with E-state index in [2.05, 4.69) is 23.7 Å². The van der Waals surface area contributed by atoms with Crippen LogP contribution in [-0.4, -0.2) is 28.1 Å². The summed E-state index contributed by atoms with van der Waals surface area (Å²) in [6.07, 6.45) is 1.68. The van der Waals surface area contributed by atoms with Crippen molar-refractivity contribution in [2.45, 2.75) is 20.4 Å². The molecule has 2 aromatic rings. The number of halogens is 1. The van der Waals surface area contributed by atoms with Crippen molar-refractivity contribution in [3.63, 3.8) is 0 Å². The van der Waals surface area contributed by atoms with E-state index in [-0.39, 0.29) is 5.75 Å². The Bertz CT molecular complexity index is 553. The van der Waals surface area contributed by atoms with Gasteiger partial charge in [-0.05, 0) is 25.2 Å². The quantitative estimate of drug-likeness (QED) is 0.919. The Kier molecular flexibility index (Phi) is 4.04. The van der Waals surface area contributed by atoms with Crippen LogP contribution in [-0.2, 0) is 6.54 Å². The molecule has 0 fully saturated rings. The van der Waals surface area contributed by atoms with Gasteiger partial charge in [0.05, 0.1) is 0 Å². The lowest BCUT2D eigenvalue weighted by molar-refractivity contribution is 0.291. The molecule has 0 saturated carbocycles. The van der Waals surface area contributed by atoms with Gasteiger partial charge in [-0.3, -0.25) is 9.88 Å². The third-order valence-electron chi connectivity index (χ3n) is 3.20. The van der Waals surface area contributed by atoms with Crippen molar-refractivity contribution < 1.29 is 5.11 Å². The van der Waals surface area contributed by atoms with Gasteiger partial charge < -0.3 is 5.11 Å². The van der Waals surface area contributed by atoms with E-state index in [0.717, 1.165) is 24.0 Å². The summed E-state index contributed by atoms with van der Waals surface area (Å²) in [6.45, 7) is 6.67. The number of aromatic hydroxyl groups is 1. The Hall–Kier alpha value is -1.32. The lowest BCUT2D eigenvalue weighted by Gasteiger charge is -2.20. The van der Waals surface area contributed by atoms with Gasteiger partial charge in [0.1, 0.15) is 11.3 Å². The number of benzene rings is 1.